The maximum Gasteiger partial charge on any atom is 0.143 e. The maximum absolute atomic E-state index is 6.56. The zero-order chi connectivity index (χ0) is 22.6. The molecule has 0 amide bonds. The van der Waals surface area contributed by atoms with Crippen LogP contribution in [0.15, 0.2) is 89.3 Å². The number of aryl methyl sites for hydroxylation is 1. The average Bonchev–Trinajstić information content (AvgIpc) is 3.19. The minimum atomic E-state index is -0.0515. The highest BCUT2D eigenvalue weighted by Crippen LogP contribution is 2.46. The highest BCUT2D eigenvalue weighted by molar-refractivity contribution is 6.10. The first-order chi connectivity index (χ1) is 16.0. The molecule has 0 N–H and O–H groups in total. The summed E-state index contributed by atoms with van der Waals surface area (Å²) in [6, 6.07) is 30.4. The highest BCUT2D eigenvalue weighted by atomic mass is 16.5. The summed E-state index contributed by atoms with van der Waals surface area (Å²) in [5, 5.41) is 2.32. The summed E-state index contributed by atoms with van der Waals surface area (Å²) in [5.74, 6) is 0. The third kappa shape index (κ3) is 3.55. The smallest absolute Gasteiger partial charge is 0.143 e. The number of para-hydroxylation sites is 2. The molecule has 0 bridgehead atoms. The molecule has 1 aromatic heterocycles. The van der Waals surface area contributed by atoms with Gasteiger partial charge in [0.15, 0.2) is 0 Å². The Morgan fingerprint density at radius 3 is 2.21 bits per heavy atom. The number of rotatable bonds is 4. The van der Waals surface area contributed by atoms with Crippen molar-refractivity contribution in [2.24, 2.45) is 0 Å². The van der Waals surface area contributed by atoms with Gasteiger partial charge in [0.05, 0.1) is 11.7 Å². The van der Waals surface area contributed by atoms with Crippen LogP contribution in [-0.4, -0.2) is 5.60 Å². The van der Waals surface area contributed by atoms with E-state index in [1.54, 1.807) is 0 Å². The van der Waals surface area contributed by atoms with Crippen LogP contribution in [0.3, 0.4) is 0 Å². The molecule has 1 aliphatic heterocycles. The highest BCUT2D eigenvalue weighted by Gasteiger charge is 2.39. The van der Waals surface area contributed by atoms with Gasteiger partial charge >= 0.3 is 0 Å². The predicted octanol–water partition coefficient (Wildman–Crippen LogP) is 8.39. The normalized spacial score (nSPS) is 17.4. The number of furan rings is 1. The Balaban J connectivity index is 1.38. The number of hydrogen-bond acceptors (Lipinski definition) is 2. The van der Waals surface area contributed by atoms with Gasteiger partial charge in [-0.25, -0.2) is 0 Å². The summed E-state index contributed by atoms with van der Waals surface area (Å²) in [6.45, 7) is 6.46. The van der Waals surface area contributed by atoms with Gasteiger partial charge in [0.1, 0.15) is 11.2 Å². The summed E-state index contributed by atoms with van der Waals surface area (Å²) in [7, 11) is 0. The minimum Gasteiger partial charge on any atom is -0.455 e. The Kier molecular flexibility index (Phi) is 4.67. The van der Waals surface area contributed by atoms with Gasteiger partial charge in [-0.1, -0.05) is 84.9 Å². The fourth-order valence-corrected chi connectivity index (χ4v) is 5.15. The standard InChI is InChI=1S/C31H28O2/c1-20-8-4-5-9-23(20)18-21-14-16-22(17-15-21)24-10-6-11-25-26-12-7-13-27(30(26)32-29(24)25)28-19-31(2,3)33-28/h4-17,28H,18-19H2,1-3H3. The van der Waals surface area contributed by atoms with Crippen LogP contribution in [0.2, 0.25) is 0 Å². The van der Waals surface area contributed by atoms with Gasteiger partial charge in [-0.3, -0.25) is 0 Å². The molecule has 0 spiro atoms. The van der Waals surface area contributed by atoms with E-state index < -0.39 is 0 Å². The van der Waals surface area contributed by atoms with Crippen LogP contribution in [0.1, 0.15) is 48.6 Å². The second-order valence-electron chi connectivity index (χ2n) is 9.88. The maximum atomic E-state index is 6.56. The molecular weight excluding hydrogens is 404 g/mol. The van der Waals surface area contributed by atoms with Crippen molar-refractivity contribution >= 4 is 21.9 Å². The second kappa shape index (κ2) is 7.60. The van der Waals surface area contributed by atoms with E-state index in [1.807, 2.05) is 0 Å². The first-order valence-electron chi connectivity index (χ1n) is 11.7. The molecule has 1 saturated heterocycles. The summed E-state index contributed by atoms with van der Waals surface area (Å²) >= 11 is 0. The van der Waals surface area contributed by atoms with Crippen molar-refractivity contribution in [1.29, 1.82) is 0 Å². The van der Waals surface area contributed by atoms with Crippen molar-refractivity contribution in [3.63, 3.8) is 0 Å². The Labute approximate surface area is 194 Å². The molecule has 5 aromatic rings. The van der Waals surface area contributed by atoms with Gasteiger partial charge in [-0.05, 0) is 49.4 Å². The van der Waals surface area contributed by atoms with Crippen LogP contribution in [0.4, 0.5) is 0 Å². The minimum absolute atomic E-state index is 0.0515. The summed E-state index contributed by atoms with van der Waals surface area (Å²) < 4.78 is 12.7. The Morgan fingerprint density at radius 1 is 0.788 bits per heavy atom. The lowest BCUT2D eigenvalue weighted by Crippen LogP contribution is -2.39. The lowest BCUT2D eigenvalue weighted by Gasteiger charge is -2.43. The van der Waals surface area contributed by atoms with Gasteiger partial charge in [-0.15, -0.1) is 0 Å². The molecule has 1 aliphatic rings. The summed E-state index contributed by atoms with van der Waals surface area (Å²) in [4.78, 5) is 0. The molecule has 6 rings (SSSR count). The number of benzene rings is 4. The summed E-state index contributed by atoms with van der Waals surface area (Å²) in [5.41, 5.74) is 9.34. The third-order valence-electron chi connectivity index (χ3n) is 6.96. The van der Waals surface area contributed by atoms with Gasteiger partial charge in [0.25, 0.3) is 0 Å². The van der Waals surface area contributed by atoms with Crippen molar-refractivity contribution in [3.8, 4) is 11.1 Å². The Bertz CT molecular complexity index is 1460. The Hall–Kier alpha value is -3.36. The molecule has 0 radical (unpaired) electrons. The van der Waals surface area contributed by atoms with E-state index in [4.69, 9.17) is 9.15 Å². The lowest BCUT2D eigenvalue weighted by atomic mass is 9.88. The van der Waals surface area contributed by atoms with Crippen LogP contribution in [0, 0.1) is 6.92 Å². The van der Waals surface area contributed by atoms with Crippen LogP contribution in [0.5, 0.6) is 0 Å². The first-order valence-corrected chi connectivity index (χ1v) is 11.7. The molecule has 1 unspecified atom stereocenters. The molecule has 1 fully saturated rings. The SMILES string of the molecule is Cc1ccccc1Cc1ccc(-c2cccc3c2oc2c(C4CC(C)(C)O4)cccc23)cc1. The molecule has 164 valence electrons. The third-order valence-corrected chi connectivity index (χ3v) is 6.96. The van der Waals surface area contributed by atoms with E-state index in [0.717, 1.165) is 45.9 Å². The molecule has 2 heteroatoms. The number of hydrogen-bond donors (Lipinski definition) is 0. The fraction of sp³-hybridized carbons (Fsp3) is 0.226. The number of fused-ring (bicyclic) bond motifs is 3. The van der Waals surface area contributed by atoms with E-state index in [-0.39, 0.29) is 11.7 Å². The van der Waals surface area contributed by atoms with Crippen molar-refractivity contribution < 1.29 is 9.15 Å². The van der Waals surface area contributed by atoms with Crippen LogP contribution in [0.25, 0.3) is 33.1 Å². The molecule has 4 aromatic carbocycles. The van der Waals surface area contributed by atoms with Gasteiger partial charge < -0.3 is 9.15 Å². The van der Waals surface area contributed by atoms with Crippen molar-refractivity contribution in [2.75, 3.05) is 0 Å². The van der Waals surface area contributed by atoms with Crippen LogP contribution >= 0.6 is 0 Å². The zero-order valence-electron chi connectivity index (χ0n) is 19.4. The van der Waals surface area contributed by atoms with Crippen molar-refractivity contribution in [3.05, 3.63) is 107 Å². The average molecular weight is 433 g/mol. The number of ether oxygens (including phenoxy) is 1. The second-order valence-corrected chi connectivity index (χ2v) is 9.88. The van der Waals surface area contributed by atoms with E-state index in [9.17, 15) is 0 Å². The summed E-state index contributed by atoms with van der Waals surface area (Å²) in [6.07, 6.45) is 2.06. The fourth-order valence-electron chi connectivity index (χ4n) is 5.15. The predicted molar refractivity (Wildman–Crippen MR) is 136 cm³/mol. The molecular formula is C31H28O2. The molecule has 2 nitrogen and oxygen atoms in total. The van der Waals surface area contributed by atoms with E-state index in [1.165, 1.54) is 22.3 Å². The first kappa shape index (κ1) is 20.3. The van der Waals surface area contributed by atoms with E-state index >= 15 is 0 Å². The van der Waals surface area contributed by atoms with E-state index in [2.05, 4.69) is 106 Å². The molecule has 33 heavy (non-hydrogen) atoms. The topological polar surface area (TPSA) is 22.4 Å². The van der Waals surface area contributed by atoms with E-state index in [0.29, 0.717) is 0 Å². The quantitative estimate of drug-likeness (QED) is 0.284. The van der Waals surface area contributed by atoms with Gasteiger partial charge in [-0.2, -0.15) is 0 Å². The molecule has 2 heterocycles. The van der Waals surface area contributed by atoms with Crippen molar-refractivity contribution in [2.45, 2.75) is 45.3 Å². The molecule has 0 aliphatic carbocycles. The van der Waals surface area contributed by atoms with Gasteiger partial charge in [0, 0.05) is 28.3 Å². The lowest BCUT2D eigenvalue weighted by molar-refractivity contribution is -0.187. The Morgan fingerprint density at radius 2 is 1.48 bits per heavy atom. The molecule has 0 saturated carbocycles. The monoisotopic (exact) mass is 432 g/mol. The van der Waals surface area contributed by atoms with Crippen LogP contribution < -0.4 is 0 Å². The largest absolute Gasteiger partial charge is 0.455 e. The van der Waals surface area contributed by atoms with Gasteiger partial charge in [0.2, 0.25) is 0 Å². The molecule has 1 atom stereocenters. The van der Waals surface area contributed by atoms with Crippen LogP contribution in [-0.2, 0) is 11.2 Å². The zero-order valence-corrected chi connectivity index (χ0v) is 19.4. The van der Waals surface area contributed by atoms with Crippen molar-refractivity contribution in [1.82, 2.24) is 0 Å².